The molecule has 1 aromatic carbocycles. The average Bonchev–Trinajstić information content (AvgIpc) is 2.47. The number of aromatic carboxylic acids is 1. The van der Waals surface area contributed by atoms with Crippen molar-refractivity contribution in [3.05, 3.63) is 35.4 Å². The van der Waals surface area contributed by atoms with Crippen LogP contribution in [0.3, 0.4) is 0 Å². The standard InChI is InChI=1S/C15H22N2O3.ClH/c1-20-11-10-16-6-8-17(9-7-16)12-13-2-4-14(5-3-13)15(18)19;/h2-5H,6-12H2,1H3,(H,18,19);1H. The highest BCUT2D eigenvalue weighted by Gasteiger charge is 2.16. The lowest BCUT2D eigenvalue weighted by Gasteiger charge is -2.34. The number of hydrogen-bond acceptors (Lipinski definition) is 4. The van der Waals surface area contributed by atoms with E-state index >= 15 is 0 Å². The normalized spacial score (nSPS) is 16.4. The SMILES string of the molecule is COCCN1CCN(Cc2ccc(C(=O)O)cc2)CC1.Cl. The molecule has 1 heterocycles. The molecule has 0 atom stereocenters. The Balaban J connectivity index is 0.00000220. The Hall–Kier alpha value is -1.14. The van der Waals surface area contributed by atoms with Gasteiger partial charge in [-0.1, -0.05) is 12.1 Å². The summed E-state index contributed by atoms with van der Waals surface area (Å²) in [6.45, 7) is 6.90. The maximum Gasteiger partial charge on any atom is 0.335 e. The third-order valence-electron chi connectivity index (χ3n) is 3.68. The van der Waals surface area contributed by atoms with Crippen LogP contribution in [-0.2, 0) is 11.3 Å². The molecule has 0 spiro atoms. The molecule has 1 N–H and O–H groups in total. The molecule has 1 aliphatic heterocycles. The molecule has 1 fully saturated rings. The fourth-order valence-electron chi connectivity index (χ4n) is 2.40. The van der Waals surface area contributed by atoms with E-state index in [0.717, 1.165) is 45.9 Å². The first-order chi connectivity index (χ1) is 9.69. The zero-order valence-electron chi connectivity index (χ0n) is 12.3. The van der Waals surface area contributed by atoms with Crippen LogP contribution in [0.15, 0.2) is 24.3 Å². The fourth-order valence-corrected chi connectivity index (χ4v) is 2.40. The Morgan fingerprint density at radius 3 is 2.24 bits per heavy atom. The van der Waals surface area contributed by atoms with Crippen LogP contribution < -0.4 is 0 Å². The van der Waals surface area contributed by atoms with Crippen molar-refractivity contribution in [2.45, 2.75) is 6.54 Å². The topological polar surface area (TPSA) is 53.0 Å². The minimum atomic E-state index is -0.872. The molecule has 6 heteroatoms. The Labute approximate surface area is 131 Å². The predicted molar refractivity (Wildman–Crippen MR) is 84.2 cm³/mol. The second kappa shape index (κ2) is 9.00. The summed E-state index contributed by atoms with van der Waals surface area (Å²) in [5.41, 5.74) is 1.51. The van der Waals surface area contributed by atoms with Crippen molar-refractivity contribution in [2.24, 2.45) is 0 Å². The van der Waals surface area contributed by atoms with Gasteiger partial charge in [0.25, 0.3) is 0 Å². The maximum atomic E-state index is 10.8. The summed E-state index contributed by atoms with van der Waals surface area (Å²) in [5.74, 6) is -0.872. The number of piperazine rings is 1. The summed E-state index contributed by atoms with van der Waals surface area (Å²) in [6.07, 6.45) is 0. The number of halogens is 1. The minimum Gasteiger partial charge on any atom is -0.478 e. The van der Waals surface area contributed by atoms with Crippen molar-refractivity contribution >= 4 is 18.4 Å². The fraction of sp³-hybridized carbons (Fsp3) is 0.533. The first-order valence-electron chi connectivity index (χ1n) is 6.95. The molecule has 118 valence electrons. The molecule has 1 aromatic rings. The van der Waals surface area contributed by atoms with E-state index in [1.807, 2.05) is 12.1 Å². The quantitative estimate of drug-likeness (QED) is 0.864. The van der Waals surface area contributed by atoms with Gasteiger partial charge in [0, 0.05) is 46.4 Å². The highest BCUT2D eigenvalue weighted by molar-refractivity contribution is 5.87. The number of nitrogens with zero attached hydrogens (tertiary/aromatic N) is 2. The molecule has 5 nitrogen and oxygen atoms in total. The number of hydrogen-bond donors (Lipinski definition) is 1. The highest BCUT2D eigenvalue weighted by Crippen LogP contribution is 2.10. The van der Waals surface area contributed by atoms with Gasteiger partial charge in [0.05, 0.1) is 12.2 Å². The molecule has 0 radical (unpaired) electrons. The second-order valence-electron chi connectivity index (χ2n) is 5.11. The van der Waals surface area contributed by atoms with E-state index < -0.39 is 5.97 Å². The van der Waals surface area contributed by atoms with Crippen molar-refractivity contribution < 1.29 is 14.6 Å². The molecule has 0 unspecified atom stereocenters. The van der Waals surface area contributed by atoms with Crippen LogP contribution in [-0.4, -0.2) is 67.3 Å². The Morgan fingerprint density at radius 1 is 1.14 bits per heavy atom. The molecule has 0 aromatic heterocycles. The minimum absolute atomic E-state index is 0. The zero-order valence-corrected chi connectivity index (χ0v) is 13.1. The van der Waals surface area contributed by atoms with Gasteiger partial charge in [-0.25, -0.2) is 4.79 Å². The van der Waals surface area contributed by atoms with Crippen LogP contribution in [0.5, 0.6) is 0 Å². The van der Waals surface area contributed by atoms with E-state index in [2.05, 4.69) is 9.80 Å². The van der Waals surface area contributed by atoms with Gasteiger partial charge in [0.15, 0.2) is 0 Å². The van der Waals surface area contributed by atoms with E-state index in [-0.39, 0.29) is 12.4 Å². The van der Waals surface area contributed by atoms with Crippen molar-refractivity contribution in [2.75, 3.05) is 46.4 Å². The van der Waals surface area contributed by atoms with Crippen molar-refractivity contribution in [1.29, 1.82) is 0 Å². The molecule has 0 aliphatic carbocycles. The van der Waals surface area contributed by atoms with Gasteiger partial charge in [-0.3, -0.25) is 9.80 Å². The lowest BCUT2D eigenvalue weighted by Crippen LogP contribution is -2.46. The molecule has 21 heavy (non-hydrogen) atoms. The Kier molecular flexibility index (Phi) is 7.67. The van der Waals surface area contributed by atoms with Gasteiger partial charge < -0.3 is 9.84 Å². The number of rotatable bonds is 6. The van der Waals surface area contributed by atoms with Crippen molar-refractivity contribution in [3.8, 4) is 0 Å². The average molecular weight is 315 g/mol. The van der Waals surface area contributed by atoms with E-state index in [1.165, 1.54) is 5.56 Å². The molecule has 0 bridgehead atoms. The lowest BCUT2D eigenvalue weighted by molar-refractivity contribution is 0.0697. The molecule has 0 amide bonds. The summed E-state index contributed by atoms with van der Waals surface area (Å²) in [7, 11) is 1.73. The first-order valence-corrected chi connectivity index (χ1v) is 6.95. The van der Waals surface area contributed by atoms with Crippen LogP contribution >= 0.6 is 12.4 Å². The van der Waals surface area contributed by atoms with Crippen molar-refractivity contribution in [1.82, 2.24) is 9.80 Å². The molecule has 1 saturated heterocycles. The van der Waals surface area contributed by atoms with Gasteiger partial charge in [-0.15, -0.1) is 12.4 Å². The summed E-state index contributed by atoms with van der Waals surface area (Å²) < 4.78 is 5.09. The molecular weight excluding hydrogens is 292 g/mol. The Bertz CT molecular complexity index is 431. The second-order valence-corrected chi connectivity index (χ2v) is 5.11. The summed E-state index contributed by atoms with van der Waals surface area (Å²) in [5, 5.41) is 8.87. The highest BCUT2D eigenvalue weighted by atomic mass is 35.5. The summed E-state index contributed by atoms with van der Waals surface area (Å²) in [4.78, 5) is 15.6. The first kappa shape index (κ1) is 17.9. The summed E-state index contributed by atoms with van der Waals surface area (Å²) in [6, 6.07) is 7.15. The van der Waals surface area contributed by atoms with Gasteiger partial charge in [-0.05, 0) is 17.7 Å². The Morgan fingerprint density at radius 2 is 1.71 bits per heavy atom. The third kappa shape index (κ3) is 5.63. The van der Waals surface area contributed by atoms with Crippen LogP contribution in [0.1, 0.15) is 15.9 Å². The van der Waals surface area contributed by atoms with Crippen LogP contribution in [0.2, 0.25) is 0 Å². The van der Waals surface area contributed by atoms with E-state index in [9.17, 15) is 4.79 Å². The largest absolute Gasteiger partial charge is 0.478 e. The number of carbonyl (C=O) groups is 1. The molecule has 1 aliphatic rings. The number of carboxylic acids is 1. The third-order valence-corrected chi connectivity index (χ3v) is 3.68. The van der Waals surface area contributed by atoms with Crippen molar-refractivity contribution in [3.63, 3.8) is 0 Å². The number of benzene rings is 1. The number of methoxy groups -OCH3 is 1. The van der Waals surface area contributed by atoms with E-state index in [0.29, 0.717) is 5.56 Å². The van der Waals surface area contributed by atoms with Gasteiger partial charge in [0.2, 0.25) is 0 Å². The molecule has 2 rings (SSSR count). The van der Waals surface area contributed by atoms with Crippen LogP contribution in [0, 0.1) is 0 Å². The number of ether oxygens (including phenoxy) is 1. The van der Waals surface area contributed by atoms with Gasteiger partial charge >= 0.3 is 5.97 Å². The monoisotopic (exact) mass is 314 g/mol. The maximum absolute atomic E-state index is 10.8. The van der Waals surface area contributed by atoms with E-state index in [4.69, 9.17) is 9.84 Å². The lowest BCUT2D eigenvalue weighted by atomic mass is 10.1. The number of carboxylic acid groups (broad SMARTS) is 1. The van der Waals surface area contributed by atoms with Gasteiger partial charge in [0.1, 0.15) is 0 Å². The predicted octanol–water partition coefficient (Wildman–Crippen LogP) is 1.57. The van der Waals surface area contributed by atoms with Gasteiger partial charge in [-0.2, -0.15) is 0 Å². The van der Waals surface area contributed by atoms with Crippen LogP contribution in [0.4, 0.5) is 0 Å². The zero-order chi connectivity index (χ0) is 14.4. The summed E-state index contributed by atoms with van der Waals surface area (Å²) >= 11 is 0. The van der Waals surface area contributed by atoms with E-state index in [1.54, 1.807) is 19.2 Å². The van der Waals surface area contributed by atoms with Crippen LogP contribution in [0.25, 0.3) is 0 Å². The smallest absolute Gasteiger partial charge is 0.335 e. The molecular formula is C15H23ClN2O3. The molecule has 0 saturated carbocycles.